The van der Waals surface area contributed by atoms with Gasteiger partial charge in [-0.05, 0) is 30.2 Å². The van der Waals surface area contributed by atoms with Crippen LogP contribution >= 0.6 is 0 Å². The van der Waals surface area contributed by atoms with Crippen molar-refractivity contribution in [2.45, 2.75) is 32.9 Å². The van der Waals surface area contributed by atoms with Crippen molar-refractivity contribution >= 4 is 27.8 Å². The molecule has 0 spiro atoms. The topological polar surface area (TPSA) is 94.7 Å². The van der Waals surface area contributed by atoms with E-state index in [9.17, 15) is 9.59 Å². The van der Waals surface area contributed by atoms with Crippen LogP contribution in [0.4, 0.5) is 0 Å². The SMILES string of the molecule is CC(C)[C@@H](NC(=O)CCn1nnc2ccccc2c1=O)c1nc2ccccc2n1C. The lowest BCUT2D eigenvalue weighted by Crippen LogP contribution is -2.35. The predicted octanol–water partition coefficient (Wildman–Crippen LogP) is 2.58. The van der Waals surface area contributed by atoms with Crippen LogP contribution in [-0.4, -0.2) is 30.5 Å². The van der Waals surface area contributed by atoms with Gasteiger partial charge in [0.25, 0.3) is 5.56 Å². The van der Waals surface area contributed by atoms with Crippen LogP contribution in [0.3, 0.4) is 0 Å². The Kier molecular flexibility index (Phi) is 5.31. The number of hydrogen-bond acceptors (Lipinski definition) is 5. The zero-order valence-corrected chi connectivity index (χ0v) is 17.2. The molecule has 154 valence electrons. The monoisotopic (exact) mass is 404 g/mol. The number of benzene rings is 2. The molecule has 0 aliphatic heterocycles. The van der Waals surface area contributed by atoms with Crippen LogP contribution in [0.5, 0.6) is 0 Å². The largest absolute Gasteiger partial charge is 0.346 e. The number of imidazole rings is 1. The quantitative estimate of drug-likeness (QED) is 0.533. The Morgan fingerprint density at radius 3 is 2.50 bits per heavy atom. The average molecular weight is 404 g/mol. The van der Waals surface area contributed by atoms with Gasteiger partial charge in [0.1, 0.15) is 11.3 Å². The van der Waals surface area contributed by atoms with Gasteiger partial charge in [0.05, 0.1) is 29.0 Å². The van der Waals surface area contributed by atoms with Crippen molar-refractivity contribution in [3.05, 3.63) is 64.7 Å². The minimum absolute atomic E-state index is 0.125. The van der Waals surface area contributed by atoms with Gasteiger partial charge in [-0.25, -0.2) is 9.67 Å². The summed E-state index contributed by atoms with van der Waals surface area (Å²) < 4.78 is 3.25. The number of aryl methyl sites for hydroxylation is 2. The van der Waals surface area contributed by atoms with E-state index in [2.05, 4.69) is 15.6 Å². The lowest BCUT2D eigenvalue weighted by molar-refractivity contribution is -0.122. The van der Waals surface area contributed by atoms with Crippen molar-refractivity contribution in [3.8, 4) is 0 Å². The van der Waals surface area contributed by atoms with Crippen molar-refractivity contribution in [2.75, 3.05) is 0 Å². The molecule has 0 aliphatic carbocycles. The third-order valence-electron chi connectivity index (χ3n) is 5.26. The number of nitrogens with zero attached hydrogens (tertiary/aromatic N) is 5. The molecular formula is C22H24N6O2. The third-order valence-corrected chi connectivity index (χ3v) is 5.26. The van der Waals surface area contributed by atoms with Gasteiger partial charge >= 0.3 is 0 Å². The Labute approximate surface area is 173 Å². The van der Waals surface area contributed by atoms with E-state index in [-0.39, 0.29) is 36.4 Å². The maximum Gasteiger partial charge on any atom is 0.277 e. The Morgan fingerprint density at radius 2 is 1.77 bits per heavy atom. The summed E-state index contributed by atoms with van der Waals surface area (Å²) in [5, 5.41) is 11.6. The van der Waals surface area contributed by atoms with Crippen molar-refractivity contribution < 1.29 is 4.79 Å². The van der Waals surface area contributed by atoms with Gasteiger partial charge < -0.3 is 9.88 Å². The summed E-state index contributed by atoms with van der Waals surface area (Å²) >= 11 is 0. The fourth-order valence-corrected chi connectivity index (χ4v) is 3.59. The molecule has 0 aliphatic rings. The Bertz CT molecular complexity index is 1270. The summed E-state index contributed by atoms with van der Waals surface area (Å²) in [6, 6.07) is 14.7. The van der Waals surface area contributed by atoms with E-state index in [1.807, 2.05) is 49.7 Å². The van der Waals surface area contributed by atoms with Crippen molar-refractivity contribution in [1.82, 2.24) is 29.9 Å². The maximum atomic E-state index is 12.7. The van der Waals surface area contributed by atoms with Crippen molar-refractivity contribution in [3.63, 3.8) is 0 Å². The number of para-hydroxylation sites is 2. The summed E-state index contributed by atoms with van der Waals surface area (Å²) in [6.07, 6.45) is 0.125. The number of hydrogen-bond donors (Lipinski definition) is 1. The summed E-state index contributed by atoms with van der Waals surface area (Å²) in [6.45, 7) is 4.25. The van der Waals surface area contributed by atoms with Crippen LogP contribution in [0, 0.1) is 5.92 Å². The smallest absolute Gasteiger partial charge is 0.277 e. The fourth-order valence-electron chi connectivity index (χ4n) is 3.59. The Hall–Kier alpha value is -3.55. The lowest BCUT2D eigenvalue weighted by Gasteiger charge is -2.22. The van der Waals surface area contributed by atoms with Crippen molar-refractivity contribution in [1.29, 1.82) is 0 Å². The minimum atomic E-state index is -0.246. The molecule has 2 heterocycles. The molecule has 8 heteroatoms. The number of aromatic nitrogens is 5. The van der Waals surface area contributed by atoms with E-state index >= 15 is 0 Å². The van der Waals surface area contributed by atoms with Crippen LogP contribution in [0.15, 0.2) is 53.3 Å². The number of fused-ring (bicyclic) bond motifs is 2. The van der Waals surface area contributed by atoms with E-state index in [0.29, 0.717) is 10.9 Å². The molecule has 2 aromatic heterocycles. The standard InChI is InChI=1S/C22H24N6O2/c1-14(2)20(21-23-17-10-6-7-11-18(17)27(21)3)24-19(29)12-13-28-22(30)15-8-4-5-9-16(15)25-26-28/h4-11,14,20H,12-13H2,1-3H3,(H,24,29)/t20-/m1/s1. The molecule has 0 bridgehead atoms. The molecule has 0 unspecified atom stereocenters. The normalized spacial score (nSPS) is 12.5. The molecule has 0 fully saturated rings. The molecule has 8 nitrogen and oxygen atoms in total. The lowest BCUT2D eigenvalue weighted by atomic mass is 10.0. The molecule has 0 saturated carbocycles. The van der Waals surface area contributed by atoms with E-state index < -0.39 is 0 Å². The van der Waals surface area contributed by atoms with Gasteiger partial charge in [0.15, 0.2) is 0 Å². The predicted molar refractivity (Wildman–Crippen MR) is 115 cm³/mol. The van der Waals surface area contributed by atoms with E-state index in [1.54, 1.807) is 24.3 Å². The first-order chi connectivity index (χ1) is 14.5. The van der Waals surface area contributed by atoms with E-state index in [1.165, 1.54) is 4.68 Å². The molecular weight excluding hydrogens is 380 g/mol. The van der Waals surface area contributed by atoms with Gasteiger partial charge in [0.2, 0.25) is 5.91 Å². The molecule has 4 aromatic rings. The van der Waals surface area contributed by atoms with Crippen LogP contribution in [0.25, 0.3) is 21.9 Å². The molecule has 1 N–H and O–H groups in total. The molecule has 4 rings (SSSR count). The van der Waals surface area contributed by atoms with E-state index in [0.717, 1.165) is 16.9 Å². The number of carbonyl (C=O) groups excluding carboxylic acids is 1. The molecule has 30 heavy (non-hydrogen) atoms. The van der Waals surface area contributed by atoms with Crippen molar-refractivity contribution in [2.24, 2.45) is 13.0 Å². The molecule has 0 saturated heterocycles. The molecule has 1 atom stereocenters. The summed E-state index contributed by atoms with van der Waals surface area (Å²) in [4.78, 5) is 30.0. The number of amides is 1. The van der Waals surface area contributed by atoms with Crippen LogP contribution in [-0.2, 0) is 18.4 Å². The van der Waals surface area contributed by atoms with Crippen LogP contribution < -0.4 is 10.9 Å². The van der Waals surface area contributed by atoms with Crippen LogP contribution in [0.2, 0.25) is 0 Å². The summed E-state index contributed by atoms with van der Waals surface area (Å²) in [7, 11) is 1.95. The first-order valence-corrected chi connectivity index (χ1v) is 9.99. The van der Waals surface area contributed by atoms with Crippen LogP contribution in [0.1, 0.15) is 32.1 Å². The number of rotatable bonds is 6. The van der Waals surface area contributed by atoms with E-state index in [4.69, 9.17) is 4.98 Å². The van der Waals surface area contributed by atoms with Gasteiger partial charge in [-0.1, -0.05) is 43.3 Å². The Balaban J connectivity index is 1.51. The summed E-state index contributed by atoms with van der Waals surface area (Å²) in [5.41, 5.74) is 2.22. The van der Waals surface area contributed by atoms with Gasteiger partial charge in [0, 0.05) is 13.5 Å². The third kappa shape index (κ3) is 3.68. The first-order valence-electron chi connectivity index (χ1n) is 9.99. The second-order valence-electron chi connectivity index (χ2n) is 7.69. The molecule has 1 amide bonds. The molecule has 0 radical (unpaired) electrons. The zero-order valence-electron chi connectivity index (χ0n) is 17.2. The summed E-state index contributed by atoms with van der Waals surface area (Å²) in [5.74, 6) is 0.789. The highest BCUT2D eigenvalue weighted by Crippen LogP contribution is 2.24. The Morgan fingerprint density at radius 1 is 1.07 bits per heavy atom. The first kappa shape index (κ1) is 19.8. The highest BCUT2D eigenvalue weighted by atomic mass is 16.2. The number of carbonyl (C=O) groups is 1. The maximum absolute atomic E-state index is 12.7. The van der Waals surface area contributed by atoms with Gasteiger partial charge in [-0.15, -0.1) is 5.10 Å². The number of nitrogens with one attached hydrogen (secondary N) is 1. The fraction of sp³-hybridized carbons (Fsp3) is 0.318. The minimum Gasteiger partial charge on any atom is -0.346 e. The second-order valence-corrected chi connectivity index (χ2v) is 7.69. The zero-order chi connectivity index (χ0) is 21.3. The average Bonchev–Trinajstić information content (AvgIpc) is 3.08. The highest BCUT2D eigenvalue weighted by molar-refractivity contribution is 5.78. The van der Waals surface area contributed by atoms with Gasteiger partial charge in [-0.3, -0.25) is 9.59 Å². The highest BCUT2D eigenvalue weighted by Gasteiger charge is 2.24. The van der Waals surface area contributed by atoms with Gasteiger partial charge in [-0.2, -0.15) is 0 Å². The molecule has 2 aromatic carbocycles. The second kappa shape index (κ2) is 8.06.